The molecule has 1 aromatic carbocycles. The molecule has 0 bridgehead atoms. The standard InChI is InChI=1S/C14H20BrNO3/c1-14(2,3)19-13(18)16-12(8-9-17)10-4-6-11(15)7-5-10/h4-7,12,17H,8-9H2,1-3H3,(H,16,18)/t12-/m1/s1. The highest BCUT2D eigenvalue weighted by Crippen LogP contribution is 2.20. The summed E-state index contributed by atoms with van der Waals surface area (Å²) in [5.74, 6) is 0. The molecule has 1 amide bonds. The molecule has 0 aliphatic rings. The minimum Gasteiger partial charge on any atom is -0.444 e. The molecule has 2 N–H and O–H groups in total. The Morgan fingerprint density at radius 1 is 1.37 bits per heavy atom. The third-order valence-electron chi connectivity index (χ3n) is 2.38. The maximum absolute atomic E-state index is 11.8. The number of hydrogen-bond donors (Lipinski definition) is 2. The normalized spacial score (nSPS) is 12.9. The minimum atomic E-state index is -0.534. The third-order valence-corrected chi connectivity index (χ3v) is 2.91. The minimum absolute atomic E-state index is 0.00344. The number of rotatable bonds is 4. The highest BCUT2D eigenvalue weighted by atomic mass is 79.9. The van der Waals surface area contributed by atoms with Crippen molar-refractivity contribution in [3.63, 3.8) is 0 Å². The van der Waals surface area contributed by atoms with Gasteiger partial charge in [0.25, 0.3) is 0 Å². The van der Waals surface area contributed by atoms with Crippen LogP contribution >= 0.6 is 15.9 Å². The van der Waals surface area contributed by atoms with E-state index in [4.69, 9.17) is 9.84 Å². The van der Waals surface area contributed by atoms with Crippen LogP contribution in [-0.4, -0.2) is 23.4 Å². The molecule has 0 aliphatic heterocycles. The van der Waals surface area contributed by atoms with E-state index in [1.165, 1.54) is 0 Å². The van der Waals surface area contributed by atoms with Crippen LogP contribution in [0.2, 0.25) is 0 Å². The second-order valence-electron chi connectivity index (χ2n) is 5.26. The first-order valence-corrected chi connectivity index (χ1v) is 6.97. The summed E-state index contributed by atoms with van der Waals surface area (Å²) >= 11 is 3.36. The first-order valence-electron chi connectivity index (χ1n) is 6.17. The number of hydrogen-bond acceptors (Lipinski definition) is 3. The van der Waals surface area contributed by atoms with Gasteiger partial charge >= 0.3 is 6.09 Å². The average Bonchev–Trinajstić information content (AvgIpc) is 2.27. The van der Waals surface area contributed by atoms with Crippen LogP contribution in [0.4, 0.5) is 4.79 Å². The van der Waals surface area contributed by atoms with Gasteiger partial charge in [-0.2, -0.15) is 0 Å². The molecule has 0 fully saturated rings. The molecule has 1 atom stereocenters. The molecule has 106 valence electrons. The molecule has 1 rings (SSSR count). The van der Waals surface area contributed by atoms with Crippen molar-refractivity contribution in [2.24, 2.45) is 0 Å². The fourth-order valence-corrected chi connectivity index (χ4v) is 1.86. The highest BCUT2D eigenvalue weighted by Gasteiger charge is 2.20. The van der Waals surface area contributed by atoms with Crippen LogP contribution in [0.25, 0.3) is 0 Å². The number of carbonyl (C=O) groups is 1. The van der Waals surface area contributed by atoms with Crippen LogP contribution in [0.5, 0.6) is 0 Å². The predicted octanol–water partition coefficient (Wildman–Crippen LogP) is 3.40. The summed E-state index contributed by atoms with van der Waals surface area (Å²) in [6, 6.07) is 7.35. The number of alkyl carbamates (subject to hydrolysis) is 1. The van der Waals surface area contributed by atoms with Crippen molar-refractivity contribution in [1.82, 2.24) is 5.32 Å². The first-order chi connectivity index (χ1) is 8.81. The zero-order valence-electron chi connectivity index (χ0n) is 11.4. The van der Waals surface area contributed by atoms with Crippen LogP contribution in [0, 0.1) is 0 Å². The number of halogens is 1. The maximum atomic E-state index is 11.8. The summed E-state index contributed by atoms with van der Waals surface area (Å²) in [6.07, 6.45) is -0.0326. The third kappa shape index (κ3) is 6.07. The molecule has 0 radical (unpaired) electrons. The van der Waals surface area contributed by atoms with Crippen LogP contribution in [0.15, 0.2) is 28.7 Å². The molecule has 4 nitrogen and oxygen atoms in total. The smallest absolute Gasteiger partial charge is 0.408 e. The van der Waals surface area contributed by atoms with Gasteiger partial charge in [-0.1, -0.05) is 28.1 Å². The largest absolute Gasteiger partial charge is 0.444 e. The Labute approximate surface area is 122 Å². The zero-order valence-corrected chi connectivity index (χ0v) is 13.0. The Bertz CT molecular complexity index is 412. The van der Waals surface area contributed by atoms with Gasteiger partial charge in [0.15, 0.2) is 0 Å². The fraction of sp³-hybridized carbons (Fsp3) is 0.500. The zero-order chi connectivity index (χ0) is 14.5. The molecule has 0 saturated heterocycles. The van der Waals surface area contributed by atoms with E-state index < -0.39 is 11.7 Å². The number of nitrogens with one attached hydrogen (secondary N) is 1. The molecule has 5 heteroatoms. The van der Waals surface area contributed by atoms with Gasteiger partial charge in [0, 0.05) is 11.1 Å². The van der Waals surface area contributed by atoms with Gasteiger partial charge in [-0.05, 0) is 44.9 Å². The number of carbonyl (C=O) groups excluding carboxylic acids is 1. The molecule has 0 spiro atoms. The molecule has 1 aromatic rings. The van der Waals surface area contributed by atoms with Crippen molar-refractivity contribution in [2.45, 2.75) is 38.8 Å². The monoisotopic (exact) mass is 329 g/mol. The van der Waals surface area contributed by atoms with Gasteiger partial charge in [0.05, 0.1) is 6.04 Å². The quantitative estimate of drug-likeness (QED) is 0.890. The lowest BCUT2D eigenvalue weighted by molar-refractivity contribution is 0.0496. The second kappa shape index (κ2) is 6.91. The summed E-state index contributed by atoms with van der Waals surface area (Å²) in [5, 5.41) is 11.9. The number of amides is 1. The van der Waals surface area contributed by atoms with Crippen molar-refractivity contribution in [3.05, 3.63) is 34.3 Å². The summed E-state index contributed by atoms with van der Waals surface area (Å²) in [7, 11) is 0. The Morgan fingerprint density at radius 3 is 2.42 bits per heavy atom. The van der Waals surface area contributed by atoms with Gasteiger partial charge in [-0.25, -0.2) is 4.79 Å². The first kappa shape index (κ1) is 16.0. The second-order valence-corrected chi connectivity index (χ2v) is 6.18. The Balaban J connectivity index is 2.73. The highest BCUT2D eigenvalue weighted by molar-refractivity contribution is 9.10. The van der Waals surface area contributed by atoms with Crippen molar-refractivity contribution < 1.29 is 14.6 Å². The SMILES string of the molecule is CC(C)(C)OC(=O)N[C@H](CCO)c1ccc(Br)cc1. The summed E-state index contributed by atoms with van der Waals surface area (Å²) in [4.78, 5) is 11.8. The van der Waals surface area contributed by atoms with E-state index in [2.05, 4.69) is 21.2 Å². The van der Waals surface area contributed by atoms with E-state index in [0.29, 0.717) is 6.42 Å². The van der Waals surface area contributed by atoms with E-state index in [9.17, 15) is 4.79 Å². The molecule has 0 unspecified atom stereocenters. The van der Waals surface area contributed by atoms with E-state index >= 15 is 0 Å². The van der Waals surface area contributed by atoms with E-state index in [0.717, 1.165) is 10.0 Å². The number of aliphatic hydroxyl groups excluding tert-OH is 1. The average molecular weight is 330 g/mol. The summed E-state index contributed by atoms with van der Waals surface area (Å²) < 4.78 is 6.19. The van der Waals surface area contributed by atoms with Crippen LogP contribution in [0.1, 0.15) is 38.8 Å². The van der Waals surface area contributed by atoms with Crippen molar-refractivity contribution in [3.8, 4) is 0 Å². The number of ether oxygens (including phenoxy) is 1. The molecule has 0 aliphatic carbocycles. The molecule has 0 aromatic heterocycles. The summed E-state index contributed by atoms with van der Waals surface area (Å²) in [6.45, 7) is 5.43. The lowest BCUT2D eigenvalue weighted by Gasteiger charge is -2.23. The summed E-state index contributed by atoms with van der Waals surface area (Å²) in [5.41, 5.74) is 0.399. The predicted molar refractivity (Wildman–Crippen MR) is 78.0 cm³/mol. The van der Waals surface area contributed by atoms with E-state index in [1.54, 1.807) is 0 Å². The molecule has 0 saturated carbocycles. The number of aliphatic hydroxyl groups is 1. The van der Waals surface area contributed by atoms with Crippen LogP contribution in [-0.2, 0) is 4.74 Å². The van der Waals surface area contributed by atoms with Crippen LogP contribution in [0.3, 0.4) is 0 Å². The maximum Gasteiger partial charge on any atom is 0.408 e. The van der Waals surface area contributed by atoms with E-state index in [-0.39, 0.29) is 12.6 Å². The van der Waals surface area contributed by atoms with Crippen LogP contribution < -0.4 is 5.32 Å². The van der Waals surface area contributed by atoms with E-state index in [1.807, 2.05) is 45.0 Å². The fourth-order valence-electron chi connectivity index (χ4n) is 1.60. The van der Waals surface area contributed by atoms with Gasteiger partial charge in [0.1, 0.15) is 5.60 Å². The topological polar surface area (TPSA) is 58.6 Å². The van der Waals surface area contributed by atoms with Gasteiger partial charge < -0.3 is 15.2 Å². The van der Waals surface area contributed by atoms with Crippen molar-refractivity contribution in [2.75, 3.05) is 6.61 Å². The molecule has 0 heterocycles. The van der Waals surface area contributed by atoms with Gasteiger partial charge in [-0.3, -0.25) is 0 Å². The Morgan fingerprint density at radius 2 is 1.95 bits per heavy atom. The van der Waals surface area contributed by atoms with Crippen molar-refractivity contribution >= 4 is 22.0 Å². The Hall–Kier alpha value is -1.07. The molecular weight excluding hydrogens is 310 g/mol. The van der Waals surface area contributed by atoms with Crippen molar-refractivity contribution in [1.29, 1.82) is 0 Å². The molecular formula is C14H20BrNO3. The lowest BCUT2D eigenvalue weighted by Crippen LogP contribution is -2.35. The number of benzene rings is 1. The Kier molecular flexibility index (Phi) is 5.82. The lowest BCUT2D eigenvalue weighted by atomic mass is 10.0. The van der Waals surface area contributed by atoms with Gasteiger partial charge in [0.2, 0.25) is 0 Å². The molecule has 19 heavy (non-hydrogen) atoms. The van der Waals surface area contributed by atoms with Gasteiger partial charge in [-0.15, -0.1) is 0 Å².